The molecule has 1 N–H and O–H groups in total. The fraction of sp³-hybridized carbons (Fsp3) is 0.214. The molecule has 0 amide bonds. The van der Waals surface area contributed by atoms with Gasteiger partial charge in [0.1, 0.15) is 0 Å². The topological polar surface area (TPSA) is 37.3 Å². The summed E-state index contributed by atoms with van der Waals surface area (Å²) in [7, 11) is 0. The maximum absolute atomic E-state index is 11.1. The van der Waals surface area contributed by atoms with Gasteiger partial charge in [0.2, 0.25) is 0 Å². The lowest BCUT2D eigenvalue weighted by molar-refractivity contribution is -0.142. The Morgan fingerprint density at radius 1 is 1.18 bits per heavy atom. The molecule has 0 aliphatic heterocycles. The van der Waals surface area contributed by atoms with Crippen LogP contribution < -0.4 is 0 Å². The van der Waals surface area contributed by atoms with E-state index in [1.807, 2.05) is 35.7 Å². The molecule has 17 heavy (non-hydrogen) atoms. The number of aliphatic carboxylic acids is 1. The van der Waals surface area contributed by atoms with Gasteiger partial charge in [0, 0.05) is 4.88 Å². The van der Waals surface area contributed by atoms with Gasteiger partial charge in [-0.15, -0.1) is 11.3 Å². The predicted octanol–water partition coefficient (Wildman–Crippen LogP) is 3.78. The lowest BCUT2D eigenvalue weighted by Gasteiger charge is -2.19. The van der Waals surface area contributed by atoms with Gasteiger partial charge < -0.3 is 5.11 Å². The van der Waals surface area contributed by atoms with Gasteiger partial charge in [-0.1, -0.05) is 30.3 Å². The molecule has 2 rings (SSSR count). The molecule has 0 aliphatic carbocycles. The van der Waals surface area contributed by atoms with Gasteiger partial charge in [-0.05, 0) is 36.4 Å². The quantitative estimate of drug-likeness (QED) is 0.895. The summed E-state index contributed by atoms with van der Waals surface area (Å²) in [5.74, 6) is -0.804. The third-order valence-electron chi connectivity index (χ3n) is 2.95. The molecule has 3 heteroatoms. The average molecular weight is 246 g/mol. The second-order valence-corrected chi connectivity index (χ2v) is 5.43. The van der Waals surface area contributed by atoms with E-state index in [1.165, 1.54) is 4.88 Å². The van der Waals surface area contributed by atoms with Crippen molar-refractivity contribution in [1.82, 2.24) is 0 Å². The van der Waals surface area contributed by atoms with E-state index in [2.05, 4.69) is 6.07 Å². The van der Waals surface area contributed by atoms with Crippen LogP contribution in [0.15, 0.2) is 41.8 Å². The van der Waals surface area contributed by atoms with Crippen LogP contribution in [0.5, 0.6) is 0 Å². The zero-order valence-electron chi connectivity index (χ0n) is 9.81. The minimum atomic E-state index is -0.839. The minimum absolute atomic E-state index is 0.804. The van der Waals surface area contributed by atoms with E-state index < -0.39 is 11.4 Å². The lowest BCUT2D eigenvalue weighted by atomic mass is 9.84. The van der Waals surface area contributed by atoms with E-state index in [9.17, 15) is 4.79 Å². The number of thiophene rings is 1. The Hall–Kier alpha value is -1.61. The second kappa shape index (κ2) is 4.34. The molecule has 2 nitrogen and oxygen atoms in total. The summed E-state index contributed by atoms with van der Waals surface area (Å²) >= 11 is 1.68. The van der Waals surface area contributed by atoms with Crippen molar-refractivity contribution in [3.63, 3.8) is 0 Å². The van der Waals surface area contributed by atoms with Crippen LogP contribution in [-0.4, -0.2) is 11.1 Å². The smallest absolute Gasteiger partial charge is 0.313 e. The van der Waals surface area contributed by atoms with Crippen LogP contribution in [0.1, 0.15) is 19.4 Å². The highest BCUT2D eigenvalue weighted by molar-refractivity contribution is 7.13. The zero-order valence-corrected chi connectivity index (χ0v) is 10.6. The van der Waals surface area contributed by atoms with E-state index in [0.717, 1.165) is 11.1 Å². The SMILES string of the molecule is CC(C)(C(=O)O)c1ccc(-c2cccs2)cc1. The normalized spacial score (nSPS) is 11.4. The van der Waals surface area contributed by atoms with Gasteiger partial charge >= 0.3 is 5.97 Å². The maximum atomic E-state index is 11.1. The largest absolute Gasteiger partial charge is 0.481 e. The van der Waals surface area contributed by atoms with Crippen molar-refractivity contribution in [1.29, 1.82) is 0 Å². The van der Waals surface area contributed by atoms with E-state index in [0.29, 0.717) is 0 Å². The average Bonchev–Trinajstić information content (AvgIpc) is 2.82. The van der Waals surface area contributed by atoms with Crippen LogP contribution in [0.2, 0.25) is 0 Å². The molecule has 0 bridgehead atoms. The summed E-state index contributed by atoms with van der Waals surface area (Å²) in [6.45, 7) is 3.44. The number of carboxylic acid groups (broad SMARTS) is 1. The number of hydrogen-bond acceptors (Lipinski definition) is 2. The molecular formula is C14H14O2S. The summed E-state index contributed by atoms with van der Waals surface area (Å²) in [5, 5.41) is 11.2. The summed E-state index contributed by atoms with van der Waals surface area (Å²) in [6.07, 6.45) is 0. The van der Waals surface area contributed by atoms with Crippen LogP contribution in [-0.2, 0) is 10.2 Å². The number of hydrogen-bond donors (Lipinski definition) is 1. The molecule has 0 saturated heterocycles. The molecule has 88 valence electrons. The first-order valence-electron chi connectivity index (χ1n) is 5.39. The van der Waals surface area contributed by atoms with Crippen molar-refractivity contribution >= 4 is 17.3 Å². The van der Waals surface area contributed by atoms with Crippen LogP contribution in [0, 0.1) is 0 Å². The van der Waals surface area contributed by atoms with Gasteiger partial charge in [0.15, 0.2) is 0 Å². The molecule has 0 fully saturated rings. The molecule has 0 atom stereocenters. The third-order valence-corrected chi connectivity index (χ3v) is 3.87. The van der Waals surface area contributed by atoms with E-state index >= 15 is 0 Å². The maximum Gasteiger partial charge on any atom is 0.313 e. The van der Waals surface area contributed by atoms with Gasteiger partial charge in [-0.2, -0.15) is 0 Å². The highest BCUT2D eigenvalue weighted by Gasteiger charge is 2.29. The predicted molar refractivity (Wildman–Crippen MR) is 70.4 cm³/mol. The Morgan fingerprint density at radius 3 is 2.29 bits per heavy atom. The molecule has 1 aromatic carbocycles. The standard InChI is InChI=1S/C14H14O2S/c1-14(2,13(15)16)11-7-5-10(6-8-11)12-4-3-9-17-12/h3-9H,1-2H3,(H,15,16). The van der Waals surface area contributed by atoms with Crippen LogP contribution in [0.4, 0.5) is 0 Å². The fourth-order valence-corrected chi connectivity index (χ4v) is 2.35. The minimum Gasteiger partial charge on any atom is -0.481 e. The number of benzene rings is 1. The third kappa shape index (κ3) is 2.24. The van der Waals surface area contributed by atoms with Crippen molar-refractivity contribution in [2.45, 2.75) is 19.3 Å². The lowest BCUT2D eigenvalue weighted by Crippen LogP contribution is -2.28. The summed E-state index contributed by atoms with van der Waals surface area (Å²) in [4.78, 5) is 12.3. The molecule has 0 unspecified atom stereocenters. The van der Waals surface area contributed by atoms with Crippen molar-refractivity contribution in [3.8, 4) is 10.4 Å². The summed E-state index contributed by atoms with van der Waals surface area (Å²) in [5.41, 5.74) is 1.11. The molecule has 0 spiro atoms. The number of carbonyl (C=O) groups is 1. The Kier molecular flexibility index (Phi) is 3.03. The highest BCUT2D eigenvalue weighted by atomic mass is 32.1. The van der Waals surface area contributed by atoms with Crippen molar-refractivity contribution < 1.29 is 9.90 Å². The Labute approximate surface area is 105 Å². The summed E-state index contributed by atoms with van der Waals surface area (Å²) in [6, 6.07) is 11.8. The second-order valence-electron chi connectivity index (χ2n) is 4.48. The van der Waals surface area contributed by atoms with E-state index in [1.54, 1.807) is 25.2 Å². The zero-order chi connectivity index (χ0) is 12.5. The van der Waals surface area contributed by atoms with Gasteiger partial charge in [0.05, 0.1) is 5.41 Å². The van der Waals surface area contributed by atoms with E-state index in [-0.39, 0.29) is 0 Å². The number of carboxylic acids is 1. The van der Waals surface area contributed by atoms with Crippen molar-refractivity contribution in [2.75, 3.05) is 0 Å². The van der Waals surface area contributed by atoms with Gasteiger partial charge in [0.25, 0.3) is 0 Å². The Bertz CT molecular complexity index is 510. The van der Waals surface area contributed by atoms with Crippen molar-refractivity contribution in [2.24, 2.45) is 0 Å². The highest BCUT2D eigenvalue weighted by Crippen LogP contribution is 2.28. The molecule has 0 saturated carbocycles. The Morgan fingerprint density at radius 2 is 1.82 bits per heavy atom. The first-order chi connectivity index (χ1) is 8.01. The molecule has 1 aromatic heterocycles. The van der Waals surface area contributed by atoms with Crippen molar-refractivity contribution in [3.05, 3.63) is 47.3 Å². The van der Waals surface area contributed by atoms with Crippen LogP contribution in [0.25, 0.3) is 10.4 Å². The molecule has 1 heterocycles. The first-order valence-corrected chi connectivity index (χ1v) is 6.27. The van der Waals surface area contributed by atoms with Crippen LogP contribution in [0.3, 0.4) is 0 Å². The first kappa shape index (κ1) is 11.9. The molecular weight excluding hydrogens is 232 g/mol. The molecule has 0 aliphatic rings. The van der Waals surface area contributed by atoms with Gasteiger partial charge in [-0.3, -0.25) is 4.79 Å². The monoisotopic (exact) mass is 246 g/mol. The Balaban J connectivity index is 2.34. The molecule has 0 radical (unpaired) electrons. The van der Waals surface area contributed by atoms with Gasteiger partial charge in [-0.25, -0.2) is 0 Å². The molecule has 2 aromatic rings. The fourth-order valence-electron chi connectivity index (χ4n) is 1.62. The van der Waals surface area contributed by atoms with E-state index in [4.69, 9.17) is 5.11 Å². The van der Waals surface area contributed by atoms with Crippen LogP contribution >= 0.6 is 11.3 Å². The summed E-state index contributed by atoms with van der Waals surface area (Å²) < 4.78 is 0. The number of rotatable bonds is 3.